The third-order valence-electron chi connectivity index (χ3n) is 2.79. The Morgan fingerprint density at radius 3 is 2.63 bits per heavy atom. The van der Waals surface area contributed by atoms with Gasteiger partial charge in [0.2, 0.25) is 5.91 Å². The van der Waals surface area contributed by atoms with Gasteiger partial charge in [0.1, 0.15) is 5.75 Å². The van der Waals surface area contributed by atoms with E-state index >= 15 is 0 Å². The van der Waals surface area contributed by atoms with Crippen molar-refractivity contribution in [2.75, 3.05) is 13.7 Å². The number of hydrazine groups is 1. The molecule has 0 fully saturated rings. The summed E-state index contributed by atoms with van der Waals surface area (Å²) in [7, 11) is 1.69. The van der Waals surface area contributed by atoms with Crippen LogP contribution in [0.2, 0.25) is 0 Å². The van der Waals surface area contributed by atoms with Crippen molar-refractivity contribution in [3.8, 4) is 5.75 Å². The number of hydrogen-bond donors (Lipinski definition) is 2. The lowest BCUT2D eigenvalue weighted by Crippen LogP contribution is -2.30. The Hall–Kier alpha value is -1.59. The van der Waals surface area contributed by atoms with Gasteiger partial charge in [0, 0.05) is 13.5 Å². The van der Waals surface area contributed by atoms with Crippen molar-refractivity contribution in [1.29, 1.82) is 0 Å². The molecule has 0 aliphatic carbocycles. The minimum absolute atomic E-state index is 0.0258. The van der Waals surface area contributed by atoms with Crippen LogP contribution in [-0.4, -0.2) is 25.7 Å². The zero-order valence-electron chi connectivity index (χ0n) is 11.5. The Bertz CT molecular complexity index is 379. The minimum atomic E-state index is -0.176. The molecule has 19 heavy (non-hydrogen) atoms. The molecule has 1 rings (SSSR count). The van der Waals surface area contributed by atoms with Crippen LogP contribution >= 0.6 is 0 Å². The molecule has 5 nitrogen and oxygen atoms in total. The summed E-state index contributed by atoms with van der Waals surface area (Å²) in [6.45, 7) is 2.65. The summed E-state index contributed by atoms with van der Waals surface area (Å²) in [5.41, 5.74) is 3.32. The van der Waals surface area contributed by atoms with Crippen molar-refractivity contribution in [3.05, 3.63) is 29.8 Å². The van der Waals surface area contributed by atoms with Gasteiger partial charge in [-0.15, -0.1) is 0 Å². The van der Waals surface area contributed by atoms with Crippen LogP contribution in [0.1, 0.15) is 25.3 Å². The molecule has 0 saturated heterocycles. The number of hydrogen-bond acceptors (Lipinski definition) is 4. The normalized spacial score (nSPS) is 11.9. The molecular weight excluding hydrogens is 244 g/mol. The SMILES string of the molecule is COCCc1ccc(OC(C)CCC(=O)NN)cc1. The standard InChI is InChI=1S/C14H22N2O3/c1-11(3-8-14(17)16-15)19-13-6-4-12(5-7-13)9-10-18-2/h4-7,11H,3,8-10,15H2,1-2H3,(H,16,17). The first kappa shape index (κ1) is 15.5. The van der Waals surface area contributed by atoms with E-state index in [2.05, 4.69) is 5.43 Å². The number of methoxy groups -OCH3 is 1. The minimum Gasteiger partial charge on any atom is -0.491 e. The summed E-state index contributed by atoms with van der Waals surface area (Å²) in [6.07, 6.45) is 1.86. The van der Waals surface area contributed by atoms with Crippen molar-refractivity contribution in [1.82, 2.24) is 5.43 Å². The summed E-state index contributed by atoms with van der Waals surface area (Å²) >= 11 is 0. The van der Waals surface area contributed by atoms with Gasteiger partial charge in [-0.25, -0.2) is 5.84 Å². The van der Waals surface area contributed by atoms with Gasteiger partial charge in [-0.2, -0.15) is 0 Å². The van der Waals surface area contributed by atoms with Crippen LogP contribution in [0.25, 0.3) is 0 Å². The number of rotatable bonds is 8. The molecule has 5 heteroatoms. The highest BCUT2D eigenvalue weighted by Gasteiger charge is 2.07. The Labute approximate surface area is 114 Å². The molecule has 0 saturated carbocycles. The molecule has 106 valence electrons. The number of benzene rings is 1. The van der Waals surface area contributed by atoms with Crippen LogP contribution in [0.4, 0.5) is 0 Å². The number of nitrogens with two attached hydrogens (primary N) is 1. The number of nitrogens with one attached hydrogen (secondary N) is 1. The van der Waals surface area contributed by atoms with Gasteiger partial charge >= 0.3 is 0 Å². The summed E-state index contributed by atoms with van der Waals surface area (Å²) in [6, 6.07) is 7.91. The maximum Gasteiger partial charge on any atom is 0.234 e. The molecule has 0 aromatic heterocycles. The quantitative estimate of drug-likeness (QED) is 0.424. The Morgan fingerprint density at radius 2 is 2.05 bits per heavy atom. The second kappa shape index (κ2) is 8.50. The second-order valence-electron chi connectivity index (χ2n) is 4.42. The van der Waals surface area contributed by atoms with Crippen LogP contribution in [-0.2, 0) is 16.0 Å². The molecule has 0 bridgehead atoms. The van der Waals surface area contributed by atoms with E-state index in [1.165, 1.54) is 5.56 Å². The largest absolute Gasteiger partial charge is 0.491 e. The average Bonchev–Trinajstić information content (AvgIpc) is 2.44. The lowest BCUT2D eigenvalue weighted by molar-refractivity contribution is -0.121. The third kappa shape index (κ3) is 6.22. The zero-order chi connectivity index (χ0) is 14.1. The lowest BCUT2D eigenvalue weighted by atomic mass is 10.1. The van der Waals surface area contributed by atoms with E-state index in [-0.39, 0.29) is 12.0 Å². The van der Waals surface area contributed by atoms with E-state index in [0.29, 0.717) is 19.4 Å². The van der Waals surface area contributed by atoms with E-state index in [9.17, 15) is 4.79 Å². The molecule has 0 aliphatic rings. The Morgan fingerprint density at radius 1 is 1.37 bits per heavy atom. The van der Waals surface area contributed by atoms with E-state index in [4.69, 9.17) is 15.3 Å². The smallest absolute Gasteiger partial charge is 0.234 e. The monoisotopic (exact) mass is 266 g/mol. The van der Waals surface area contributed by atoms with Crippen molar-refractivity contribution < 1.29 is 14.3 Å². The maximum atomic E-state index is 11.0. The highest BCUT2D eigenvalue weighted by atomic mass is 16.5. The Kier molecular flexibility index (Phi) is 6.92. The summed E-state index contributed by atoms with van der Waals surface area (Å²) in [5.74, 6) is 5.65. The van der Waals surface area contributed by atoms with Crippen LogP contribution in [0.5, 0.6) is 5.75 Å². The maximum absolute atomic E-state index is 11.0. The van der Waals surface area contributed by atoms with Crippen molar-refractivity contribution in [2.24, 2.45) is 5.84 Å². The van der Waals surface area contributed by atoms with Gasteiger partial charge < -0.3 is 9.47 Å². The number of carbonyl (C=O) groups excluding carboxylic acids is 1. The van der Waals surface area contributed by atoms with Gasteiger partial charge in [-0.05, 0) is 37.5 Å². The predicted molar refractivity (Wildman–Crippen MR) is 73.7 cm³/mol. The van der Waals surface area contributed by atoms with E-state index in [1.54, 1.807) is 7.11 Å². The number of ether oxygens (including phenoxy) is 2. The van der Waals surface area contributed by atoms with Gasteiger partial charge in [0.15, 0.2) is 0 Å². The Balaban J connectivity index is 2.37. The van der Waals surface area contributed by atoms with E-state index in [0.717, 1.165) is 12.2 Å². The first-order valence-electron chi connectivity index (χ1n) is 6.39. The average molecular weight is 266 g/mol. The highest BCUT2D eigenvalue weighted by molar-refractivity contribution is 5.75. The summed E-state index contributed by atoms with van der Waals surface area (Å²) < 4.78 is 10.7. The molecule has 1 unspecified atom stereocenters. The number of carbonyl (C=O) groups is 1. The molecule has 1 aromatic rings. The fourth-order valence-corrected chi connectivity index (χ4v) is 1.65. The van der Waals surface area contributed by atoms with Crippen molar-refractivity contribution in [3.63, 3.8) is 0 Å². The van der Waals surface area contributed by atoms with Gasteiger partial charge in [-0.3, -0.25) is 10.2 Å². The number of amides is 1. The molecule has 0 radical (unpaired) electrons. The van der Waals surface area contributed by atoms with Crippen LogP contribution in [0.3, 0.4) is 0 Å². The summed E-state index contributed by atoms with van der Waals surface area (Å²) in [4.78, 5) is 11.0. The first-order valence-corrected chi connectivity index (χ1v) is 6.39. The fourth-order valence-electron chi connectivity index (χ4n) is 1.65. The van der Waals surface area contributed by atoms with Crippen LogP contribution < -0.4 is 16.0 Å². The highest BCUT2D eigenvalue weighted by Crippen LogP contribution is 2.15. The molecule has 3 N–H and O–H groups in total. The van der Waals surface area contributed by atoms with Crippen LogP contribution in [0, 0.1) is 0 Å². The van der Waals surface area contributed by atoms with Crippen molar-refractivity contribution in [2.45, 2.75) is 32.3 Å². The van der Waals surface area contributed by atoms with Crippen molar-refractivity contribution >= 4 is 5.91 Å². The summed E-state index contributed by atoms with van der Waals surface area (Å²) in [5, 5.41) is 0. The zero-order valence-corrected chi connectivity index (χ0v) is 11.5. The molecule has 1 aromatic carbocycles. The second-order valence-corrected chi connectivity index (χ2v) is 4.42. The van der Waals surface area contributed by atoms with Crippen LogP contribution in [0.15, 0.2) is 24.3 Å². The predicted octanol–water partition coefficient (Wildman–Crippen LogP) is 1.41. The van der Waals surface area contributed by atoms with E-state index < -0.39 is 0 Å². The lowest BCUT2D eigenvalue weighted by Gasteiger charge is -2.14. The van der Waals surface area contributed by atoms with Gasteiger partial charge in [0.25, 0.3) is 0 Å². The topological polar surface area (TPSA) is 73.6 Å². The van der Waals surface area contributed by atoms with Gasteiger partial charge in [-0.1, -0.05) is 12.1 Å². The molecule has 1 amide bonds. The third-order valence-corrected chi connectivity index (χ3v) is 2.79. The molecule has 0 spiro atoms. The molecular formula is C14H22N2O3. The molecule has 0 heterocycles. The fraction of sp³-hybridized carbons (Fsp3) is 0.500. The van der Waals surface area contributed by atoms with E-state index in [1.807, 2.05) is 31.2 Å². The molecule has 0 aliphatic heterocycles. The van der Waals surface area contributed by atoms with Gasteiger partial charge in [0.05, 0.1) is 12.7 Å². The molecule has 1 atom stereocenters. The first-order chi connectivity index (χ1) is 9.15.